The Morgan fingerprint density at radius 1 is 1.56 bits per heavy atom. The fourth-order valence-electron chi connectivity index (χ4n) is 2.22. The summed E-state index contributed by atoms with van der Waals surface area (Å²) < 4.78 is 0. The van der Waals surface area contributed by atoms with Crippen LogP contribution >= 0.6 is 0 Å². The number of nitrogens with two attached hydrogens (primary N) is 1. The summed E-state index contributed by atoms with van der Waals surface area (Å²) in [5.74, 6) is 0.784. The second-order valence-electron chi connectivity index (χ2n) is 4.56. The van der Waals surface area contributed by atoms with Gasteiger partial charge in [-0.15, -0.1) is 0 Å². The van der Waals surface area contributed by atoms with Gasteiger partial charge in [0, 0.05) is 24.4 Å². The molecule has 0 radical (unpaired) electrons. The Labute approximate surface area is 94.8 Å². The summed E-state index contributed by atoms with van der Waals surface area (Å²) in [6.45, 7) is 0.446. The molecule has 1 saturated carbocycles. The number of nitrogens with one attached hydrogen (secondary N) is 2. The van der Waals surface area contributed by atoms with Crippen LogP contribution in [0.3, 0.4) is 0 Å². The van der Waals surface area contributed by atoms with E-state index in [1.165, 1.54) is 0 Å². The largest absolute Gasteiger partial charge is 0.349 e. The van der Waals surface area contributed by atoms with Crippen LogP contribution in [0.25, 0.3) is 0 Å². The molecule has 1 aliphatic rings. The molecule has 0 unspecified atom stereocenters. The summed E-state index contributed by atoms with van der Waals surface area (Å²) in [4.78, 5) is 18.6. The van der Waals surface area contributed by atoms with Gasteiger partial charge >= 0.3 is 0 Å². The maximum Gasteiger partial charge on any atom is 0.222 e. The first-order valence-corrected chi connectivity index (χ1v) is 5.72. The molecule has 5 heteroatoms. The van der Waals surface area contributed by atoms with Crippen LogP contribution in [0.4, 0.5) is 0 Å². The molecule has 0 aliphatic heterocycles. The summed E-state index contributed by atoms with van der Waals surface area (Å²) in [7, 11) is 0. The summed E-state index contributed by atoms with van der Waals surface area (Å²) in [5.41, 5.74) is 5.85. The third kappa shape index (κ3) is 2.82. The maximum atomic E-state index is 11.7. The Hall–Kier alpha value is -1.36. The van der Waals surface area contributed by atoms with Gasteiger partial charge in [-0.05, 0) is 12.8 Å². The van der Waals surface area contributed by atoms with Crippen LogP contribution in [0.1, 0.15) is 37.9 Å². The number of aromatic amines is 1. The molecule has 0 spiro atoms. The quantitative estimate of drug-likeness (QED) is 0.700. The smallest absolute Gasteiger partial charge is 0.222 e. The van der Waals surface area contributed by atoms with Gasteiger partial charge in [0.25, 0.3) is 0 Å². The Morgan fingerprint density at radius 3 is 2.94 bits per heavy atom. The molecule has 1 aliphatic carbocycles. The summed E-state index contributed by atoms with van der Waals surface area (Å²) in [5, 5.41) is 2.82. The van der Waals surface area contributed by atoms with E-state index in [9.17, 15) is 4.79 Å². The Kier molecular flexibility index (Phi) is 3.24. The Bertz CT molecular complexity index is 341. The van der Waals surface area contributed by atoms with Gasteiger partial charge in [0.05, 0.1) is 6.54 Å². The van der Waals surface area contributed by atoms with E-state index in [1.54, 1.807) is 12.4 Å². The van der Waals surface area contributed by atoms with E-state index in [-0.39, 0.29) is 11.4 Å². The lowest BCUT2D eigenvalue weighted by molar-refractivity contribution is -0.122. The van der Waals surface area contributed by atoms with Crippen LogP contribution in [0, 0.1) is 0 Å². The van der Waals surface area contributed by atoms with Crippen molar-refractivity contribution in [3.8, 4) is 0 Å². The molecule has 1 fully saturated rings. The summed E-state index contributed by atoms with van der Waals surface area (Å²) in [6, 6.07) is 0. The second kappa shape index (κ2) is 4.65. The first-order valence-electron chi connectivity index (χ1n) is 5.72. The van der Waals surface area contributed by atoms with E-state index < -0.39 is 0 Å². The minimum Gasteiger partial charge on any atom is -0.349 e. The highest BCUT2D eigenvalue weighted by molar-refractivity contribution is 5.77. The van der Waals surface area contributed by atoms with Crippen molar-refractivity contribution in [1.82, 2.24) is 15.3 Å². The average molecular weight is 222 g/mol. The molecule has 5 nitrogen and oxygen atoms in total. The standard InChI is InChI=1S/C11H18N4O/c12-11(3-1-2-4-11)7-10(16)15-8-9-13-5-6-14-9/h5-6H,1-4,7-8,12H2,(H,13,14)(H,15,16). The van der Waals surface area contributed by atoms with Crippen LogP contribution in [0.15, 0.2) is 12.4 Å². The monoisotopic (exact) mass is 222 g/mol. The first-order chi connectivity index (χ1) is 7.68. The molecule has 4 N–H and O–H groups in total. The number of H-pyrrole nitrogens is 1. The zero-order valence-corrected chi connectivity index (χ0v) is 9.33. The van der Waals surface area contributed by atoms with Crippen LogP contribution in [0.5, 0.6) is 0 Å². The lowest BCUT2D eigenvalue weighted by Crippen LogP contribution is -2.42. The van der Waals surface area contributed by atoms with Crippen molar-refractivity contribution in [2.24, 2.45) is 5.73 Å². The minimum atomic E-state index is -0.271. The lowest BCUT2D eigenvalue weighted by Gasteiger charge is -2.22. The summed E-state index contributed by atoms with van der Waals surface area (Å²) >= 11 is 0. The van der Waals surface area contributed by atoms with Gasteiger partial charge in [0.1, 0.15) is 5.82 Å². The highest BCUT2D eigenvalue weighted by Crippen LogP contribution is 2.29. The molecule has 1 aromatic heterocycles. The third-order valence-corrected chi connectivity index (χ3v) is 3.12. The van der Waals surface area contributed by atoms with E-state index in [4.69, 9.17) is 5.73 Å². The Morgan fingerprint density at radius 2 is 2.31 bits per heavy atom. The lowest BCUT2D eigenvalue weighted by atomic mass is 9.94. The van der Waals surface area contributed by atoms with Gasteiger partial charge < -0.3 is 16.0 Å². The molecule has 1 amide bonds. The van der Waals surface area contributed by atoms with Crippen molar-refractivity contribution in [1.29, 1.82) is 0 Å². The molecule has 0 aromatic carbocycles. The predicted molar refractivity (Wildman–Crippen MR) is 60.4 cm³/mol. The molecular weight excluding hydrogens is 204 g/mol. The number of amides is 1. The zero-order chi connectivity index (χ0) is 11.4. The molecule has 2 rings (SSSR count). The first kappa shape index (κ1) is 11.1. The fourth-order valence-corrected chi connectivity index (χ4v) is 2.22. The fraction of sp³-hybridized carbons (Fsp3) is 0.636. The van der Waals surface area contributed by atoms with Crippen molar-refractivity contribution in [2.75, 3.05) is 0 Å². The van der Waals surface area contributed by atoms with Crippen molar-refractivity contribution >= 4 is 5.91 Å². The van der Waals surface area contributed by atoms with Crippen LogP contribution in [-0.2, 0) is 11.3 Å². The predicted octanol–water partition coefficient (Wildman–Crippen LogP) is 0.687. The molecule has 16 heavy (non-hydrogen) atoms. The third-order valence-electron chi connectivity index (χ3n) is 3.12. The van der Waals surface area contributed by atoms with Gasteiger partial charge in [0.2, 0.25) is 5.91 Å². The number of hydrogen-bond donors (Lipinski definition) is 3. The van der Waals surface area contributed by atoms with Gasteiger partial charge in [-0.25, -0.2) is 4.98 Å². The number of carbonyl (C=O) groups excluding carboxylic acids is 1. The van der Waals surface area contributed by atoms with Gasteiger partial charge in [-0.1, -0.05) is 12.8 Å². The molecule has 1 aromatic rings. The highest BCUT2D eigenvalue weighted by Gasteiger charge is 2.31. The van der Waals surface area contributed by atoms with Gasteiger partial charge in [-0.3, -0.25) is 4.79 Å². The van der Waals surface area contributed by atoms with E-state index in [0.717, 1.165) is 31.5 Å². The Balaban J connectivity index is 1.76. The van der Waals surface area contributed by atoms with E-state index in [1.807, 2.05) is 0 Å². The molecule has 0 saturated heterocycles. The van der Waals surface area contributed by atoms with E-state index >= 15 is 0 Å². The van der Waals surface area contributed by atoms with Crippen molar-refractivity contribution in [3.05, 3.63) is 18.2 Å². The van der Waals surface area contributed by atoms with Gasteiger partial charge in [-0.2, -0.15) is 0 Å². The number of imidazole rings is 1. The van der Waals surface area contributed by atoms with E-state index in [0.29, 0.717) is 13.0 Å². The molecular formula is C11H18N4O. The number of aromatic nitrogens is 2. The number of carbonyl (C=O) groups is 1. The number of rotatable bonds is 4. The van der Waals surface area contributed by atoms with Crippen LogP contribution in [0.2, 0.25) is 0 Å². The number of nitrogens with zero attached hydrogens (tertiary/aromatic N) is 1. The molecule has 0 bridgehead atoms. The van der Waals surface area contributed by atoms with Crippen molar-refractivity contribution in [2.45, 2.75) is 44.2 Å². The topological polar surface area (TPSA) is 83.8 Å². The van der Waals surface area contributed by atoms with Crippen molar-refractivity contribution in [3.63, 3.8) is 0 Å². The molecule has 88 valence electrons. The highest BCUT2D eigenvalue weighted by atomic mass is 16.1. The molecule has 1 heterocycles. The van der Waals surface area contributed by atoms with Crippen molar-refractivity contribution < 1.29 is 4.79 Å². The van der Waals surface area contributed by atoms with Crippen LogP contribution < -0.4 is 11.1 Å². The second-order valence-corrected chi connectivity index (χ2v) is 4.56. The maximum absolute atomic E-state index is 11.7. The van der Waals surface area contributed by atoms with E-state index in [2.05, 4.69) is 15.3 Å². The van der Waals surface area contributed by atoms with Crippen LogP contribution in [-0.4, -0.2) is 21.4 Å². The normalized spacial score (nSPS) is 18.6. The summed E-state index contributed by atoms with van der Waals surface area (Å²) in [6.07, 6.45) is 8.03. The SMILES string of the molecule is NC1(CC(=O)NCc2ncc[nH]2)CCCC1. The molecule has 0 atom stereocenters. The number of hydrogen-bond acceptors (Lipinski definition) is 3. The minimum absolute atomic E-state index is 0.0146. The van der Waals surface area contributed by atoms with Gasteiger partial charge in [0.15, 0.2) is 0 Å². The zero-order valence-electron chi connectivity index (χ0n) is 9.33. The average Bonchev–Trinajstić information content (AvgIpc) is 2.86.